The van der Waals surface area contributed by atoms with E-state index in [1.165, 1.54) is 29.8 Å². The lowest BCUT2D eigenvalue weighted by Gasteiger charge is -2.25. The lowest BCUT2D eigenvalue weighted by Crippen LogP contribution is -2.37. The first-order valence-corrected chi connectivity index (χ1v) is 9.97. The van der Waals surface area contributed by atoms with Crippen molar-refractivity contribution in [3.8, 4) is 0 Å². The van der Waals surface area contributed by atoms with Crippen LogP contribution in [0.2, 0.25) is 0 Å². The second-order valence-corrected chi connectivity index (χ2v) is 7.51. The van der Waals surface area contributed by atoms with Crippen molar-refractivity contribution in [1.29, 1.82) is 0 Å². The number of halogens is 1. The minimum Gasteiger partial charge on any atom is -0.390 e. The van der Waals surface area contributed by atoms with Crippen LogP contribution in [0.3, 0.4) is 0 Å². The van der Waals surface area contributed by atoms with Crippen molar-refractivity contribution in [1.82, 2.24) is 4.90 Å². The van der Waals surface area contributed by atoms with Crippen molar-refractivity contribution in [2.75, 3.05) is 6.54 Å². The fourth-order valence-electron chi connectivity index (χ4n) is 3.49. The number of oxime groups is 1. The van der Waals surface area contributed by atoms with Crippen molar-refractivity contribution < 1.29 is 14.0 Å². The van der Waals surface area contributed by atoms with E-state index in [0.29, 0.717) is 25.1 Å². The van der Waals surface area contributed by atoms with Gasteiger partial charge in [0, 0.05) is 18.5 Å². The normalized spacial score (nSPS) is 15.4. The predicted octanol–water partition coefficient (Wildman–Crippen LogP) is 4.97. The molecule has 0 bridgehead atoms. The number of hydrogen-bond donors (Lipinski definition) is 0. The Morgan fingerprint density at radius 1 is 1.03 bits per heavy atom. The average molecular weight is 402 g/mol. The van der Waals surface area contributed by atoms with Gasteiger partial charge in [0.15, 0.2) is 6.10 Å². The Morgan fingerprint density at radius 2 is 1.73 bits per heavy atom. The molecule has 0 aromatic heterocycles. The van der Waals surface area contributed by atoms with Crippen LogP contribution in [-0.4, -0.2) is 29.2 Å². The van der Waals surface area contributed by atoms with Gasteiger partial charge in [0.25, 0.3) is 5.91 Å². The van der Waals surface area contributed by atoms with E-state index in [0.717, 1.165) is 16.8 Å². The molecule has 3 aromatic carbocycles. The Balaban J connectivity index is 1.49. The van der Waals surface area contributed by atoms with E-state index in [2.05, 4.69) is 5.16 Å². The van der Waals surface area contributed by atoms with E-state index in [9.17, 15) is 9.18 Å². The molecule has 3 aromatic rings. The number of amides is 1. The Labute approximate surface area is 175 Å². The summed E-state index contributed by atoms with van der Waals surface area (Å²) >= 11 is 0. The van der Waals surface area contributed by atoms with Gasteiger partial charge in [0.05, 0.1) is 12.3 Å². The van der Waals surface area contributed by atoms with Crippen LogP contribution in [0.25, 0.3) is 0 Å². The molecule has 0 unspecified atom stereocenters. The van der Waals surface area contributed by atoms with Crippen molar-refractivity contribution in [3.63, 3.8) is 0 Å². The van der Waals surface area contributed by atoms with Crippen LogP contribution in [0, 0.1) is 12.7 Å². The Bertz CT molecular complexity index is 1030. The summed E-state index contributed by atoms with van der Waals surface area (Å²) in [5.41, 5.74) is 4.57. The highest BCUT2D eigenvalue weighted by atomic mass is 19.1. The lowest BCUT2D eigenvalue weighted by molar-refractivity contribution is 0.0405. The van der Waals surface area contributed by atoms with Gasteiger partial charge in [-0.25, -0.2) is 4.39 Å². The molecule has 4 rings (SSSR count). The number of benzene rings is 3. The largest absolute Gasteiger partial charge is 0.390 e. The van der Waals surface area contributed by atoms with E-state index in [1.54, 1.807) is 4.90 Å². The Hall–Kier alpha value is -3.47. The molecule has 0 N–H and O–H groups in total. The molecule has 1 aliphatic heterocycles. The van der Waals surface area contributed by atoms with Crippen LogP contribution in [0.15, 0.2) is 84.0 Å². The standard InChI is InChI=1S/C25H23FN2O2/c1-18-7-9-20(10-8-18)24-15-23(30-27-24)17-28(16-19-5-3-2-4-6-19)25(29)21-11-13-22(26)14-12-21/h2-14,23H,15-17H2,1H3/t23-/m1/s1. The number of aryl methyl sites for hydroxylation is 1. The van der Waals surface area contributed by atoms with Crippen molar-refractivity contribution in [3.05, 3.63) is 107 Å². The van der Waals surface area contributed by atoms with E-state index >= 15 is 0 Å². The summed E-state index contributed by atoms with van der Waals surface area (Å²) in [5, 5.41) is 4.25. The minimum atomic E-state index is -0.364. The summed E-state index contributed by atoms with van der Waals surface area (Å²) in [6, 6.07) is 23.6. The molecule has 0 fully saturated rings. The summed E-state index contributed by atoms with van der Waals surface area (Å²) in [4.78, 5) is 20.5. The summed E-state index contributed by atoms with van der Waals surface area (Å²) < 4.78 is 13.3. The van der Waals surface area contributed by atoms with Crippen molar-refractivity contribution in [2.45, 2.75) is 26.0 Å². The average Bonchev–Trinajstić information content (AvgIpc) is 3.23. The quantitative estimate of drug-likeness (QED) is 0.584. The third kappa shape index (κ3) is 4.74. The summed E-state index contributed by atoms with van der Waals surface area (Å²) in [5.74, 6) is -0.525. The van der Waals surface area contributed by atoms with Crippen LogP contribution in [0.1, 0.15) is 33.5 Å². The highest BCUT2D eigenvalue weighted by Gasteiger charge is 2.27. The van der Waals surface area contributed by atoms with E-state index < -0.39 is 0 Å². The van der Waals surface area contributed by atoms with Gasteiger partial charge in [-0.15, -0.1) is 0 Å². The second kappa shape index (κ2) is 8.91. The van der Waals surface area contributed by atoms with Crippen LogP contribution in [0.4, 0.5) is 4.39 Å². The molecule has 4 nitrogen and oxygen atoms in total. The predicted molar refractivity (Wildman–Crippen MR) is 115 cm³/mol. The first-order chi connectivity index (χ1) is 14.6. The van der Waals surface area contributed by atoms with Gasteiger partial charge >= 0.3 is 0 Å². The molecule has 1 amide bonds. The highest BCUT2D eigenvalue weighted by molar-refractivity contribution is 6.01. The SMILES string of the molecule is Cc1ccc(C2=NO[C@@H](CN(Cc3ccccc3)C(=O)c3ccc(F)cc3)C2)cc1. The highest BCUT2D eigenvalue weighted by Crippen LogP contribution is 2.20. The topological polar surface area (TPSA) is 41.9 Å². The maximum Gasteiger partial charge on any atom is 0.254 e. The zero-order valence-corrected chi connectivity index (χ0v) is 16.8. The van der Waals surface area contributed by atoms with Gasteiger partial charge < -0.3 is 9.74 Å². The minimum absolute atomic E-state index is 0.161. The molecule has 0 saturated carbocycles. The molecule has 0 aliphatic carbocycles. The maximum atomic E-state index is 13.3. The van der Waals surface area contributed by atoms with Crippen LogP contribution in [0.5, 0.6) is 0 Å². The summed E-state index contributed by atoms with van der Waals surface area (Å²) in [6.07, 6.45) is 0.403. The lowest BCUT2D eigenvalue weighted by atomic mass is 10.0. The maximum absolute atomic E-state index is 13.3. The smallest absolute Gasteiger partial charge is 0.254 e. The molecular weight excluding hydrogens is 379 g/mol. The van der Waals surface area contributed by atoms with E-state index in [4.69, 9.17) is 4.84 Å². The summed E-state index contributed by atoms with van der Waals surface area (Å²) in [6.45, 7) is 2.88. The fourth-order valence-corrected chi connectivity index (χ4v) is 3.49. The molecule has 0 saturated heterocycles. The zero-order valence-electron chi connectivity index (χ0n) is 16.8. The third-order valence-electron chi connectivity index (χ3n) is 5.14. The van der Waals surface area contributed by atoms with Gasteiger partial charge in [-0.1, -0.05) is 65.3 Å². The molecule has 5 heteroatoms. The third-order valence-corrected chi connectivity index (χ3v) is 5.14. The van der Waals surface area contributed by atoms with Crippen molar-refractivity contribution >= 4 is 11.6 Å². The Kier molecular flexibility index (Phi) is 5.89. The molecule has 0 radical (unpaired) electrons. The number of hydrogen-bond acceptors (Lipinski definition) is 3. The Morgan fingerprint density at radius 3 is 2.43 bits per heavy atom. The number of carbonyl (C=O) groups is 1. The molecule has 1 heterocycles. The number of nitrogens with zero attached hydrogens (tertiary/aromatic N) is 2. The van der Waals surface area contributed by atoms with Gasteiger partial charge in [0.2, 0.25) is 0 Å². The number of rotatable bonds is 6. The van der Waals surface area contributed by atoms with Gasteiger partial charge in [0.1, 0.15) is 5.82 Å². The molecule has 30 heavy (non-hydrogen) atoms. The first-order valence-electron chi connectivity index (χ1n) is 9.97. The summed E-state index contributed by atoms with van der Waals surface area (Å²) in [7, 11) is 0. The van der Waals surface area contributed by atoms with Crippen LogP contribution < -0.4 is 0 Å². The van der Waals surface area contributed by atoms with Gasteiger partial charge in [-0.3, -0.25) is 4.79 Å². The van der Waals surface area contributed by atoms with Crippen LogP contribution in [-0.2, 0) is 11.4 Å². The zero-order chi connectivity index (χ0) is 20.9. The van der Waals surface area contributed by atoms with E-state index in [1.807, 2.05) is 61.5 Å². The molecule has 1 atom stereocenters. The molecule has 1 aliphatic rings. The van der Waals surface area contributed by atoms with Crippen molar-refractivity contribution in [2.24, 2.45) is 5.16 Å². The second-order valence-electron chi connectivity index (χ2n) is 7.51. The van der Waals surface area contributed by atoms with Gasteiger partial charge in [-0.05, 0) is 42.3 Å². The first kappa shape index (κ1) is 19.8. The van der Waals surface area contributed by atoms with Crippen LogP contribution >= 0.6 is 0 Å². The molecule has 152 valence electrons. The van der Waals surface area contributed by atoms with Gasteiger partial charge in [-0.2, -0.15) is 0 Å². The molecular formula is C25H23FN2O2. The number of carbonyl (C=O) groups excluding carboxylic acids is 1. The van der Waals surface area contributed by atoms with E-state index in [-0.39, 0.29) is 17.8 Å². The molecule has 0 spiro atoms. The fraction of sp³-hybridized carbons (Fsp3) is 0.200. The monoisotopic (exact) mass is 402 g/mol.